The average Bonchev–Trinajstić information content (AvgIpc) is 2.33. The lowest BCUT2D eigenvalue weighted by atomic mass is 10.3. The lowest BCUT2D eigenvalue weighted by Crippen LogP contribution is -1.87. The summed E-state index contributed by atoms with van der Waals surface area (Å²) >= 11 is 1.43. The molecule has 3 nitrogen and oxygen atoms in total. The van der Waals surface area contributed by atoms with E-state index in [1.165, 1.54) is 11.3 Å². The van der Waals surface area contributed by atoms with Gasteiger partial charge in [-0.1, -0.05) is 0 Å². The molecule has 0 aromatic rings. The first-order valence-corrected chi connectivity index (χ1v) is 3.69. The van der Waals surface area contributed by atoms with Crippen LogP contribution in [0.4, 0.5) is 5.13 Å². The minimum Gasteiger partial charge on any atom is -0.375 e. The van der Waals surface area contributed by atoms with Crippen LogP contribution in [-0.4, -0.2) is 9.97 Å². The fourth-order valence-electron chi connectivity index (χ4n) is 0.782. The molecule has 0 atom stereocenters. The van der Waals surface area contributed by atoms with Crippen LogP contribution in [-0.2, 0) is 0 Å². The fraction of sp³-hybridized carbons (Fsp3) is 0. The molecule has 2 N–H and O–H groups in total. The van der Waals surface area contributed by atoms with Gasteiger partial charge in [0.2, 0.25) is 0 Å². The highest BCUT2D eigenvalue weighted by atomic mass is 32.1. The molecule has 2 rings (SSSR count). The second-order valence-electron chi connectivity index (χ2n) is 1.93. The molecule has 0 spiro atoms. The Kier molecular flexibility index (Phi) is 1.07. The van der Waals surface area contributed by atoms with Gasteiger partial charge < -0.3 is 5.73 Å². The zero-order valence-electron chi connectivity index (χ0n) is 5.11. The van der Waals surface area contributed by atoms with E-state index in [-0.39, 0.29) is 0 Å². The first-order valence-electron chi connectivity index (χ1n) is 2.81. The number of hydrogen-bond donors (Lipinski definition) is 1. The summed E-state index contributed by atoms with van der Waals surface area (Å²) in [4.78, 5) is 8.00. The van der Waals surface area contributed by atoms with Crippen molar-refractivity contribution < 1.29 is 0 Å². The lowest BCUT2D eigenvalue weighted by molar-refractivity contribution is 1.37. The standard InChI is InChI=1S/C6H5N3S/c7-6-9-5-2-8-1-4(5)3-10-6/h1-3H,(H2,7,9). The minimum atomic E-state index is 0.584. The van der Waals surface area contributed by atoms with Crippen LogP contribution in [0.1, 0.15) is 0 Å². The summed E-state index contributed by atoms with van der Waals surface area (Å²) in [5.74, 6) is 0. The highest BCUT2D eigenvalue weighted by molar-refractivity contribution is 7.13. The Morgan fingerprint density at radius 1 is 1.40 bits per heavy atom. The number of rotatable bonds is 0. The third-order valence-electron chi connectivity index (χ3n) is 1.24. The monoisotopic (exact) mass is 151 g/mol. The Morgan fingerprint density at radius 3 is 3.20 bits per heavy atom. The third kappa shape index (κ3) is 0.733. The van der Waals surface area contributed by atoms with Crippen molar-refractivity contribution in [2.45, 2.75) is 0 Å². The predicted molar refractivity (Wildman–Crippen MR) is 40.9 cm³/mol. The van der Waals surface area contributed by atoms with Crippen molar-refractivity contribution in [3.63, 3.8) is 0 Å². The van der Waals surface area contributed by atoms with Gasteiger partial charge in [-0.15, -0.1) is 11.3 Å². The molecule has 0 bridgehead atoms. The van der Waals surface area contributed by atoms with Gasteiger partial charge in [0, 0.05) is 17.1 Å². The SMILES string of the molecule is Nc1nc2cncc-2cs1. The molecule has 2 heterocycles. The number of fused-ring (bicyclic) bond motifs is 1. The van der Waals surface area contributed by atoms with Gasteiger partial charge in [-0.25, -0.2) is 4.98 Å². The first kappa shape index (κ1) is 5.61. The van der Waals surface area contributed by atoms with E-state index < -0.39 is 0 Å². The van der Waals surface area contributed by atoms with Crippen LogP contribution in [0, 0.1) is 0 Å². The van der Waals surface area contributed by atoms with Crippen molar-refractivity contribution in [2.75, 3.05) is 5.73 Å². The van der Waals surface area contributed by atoms with Crippen LogP contribution < -0.4 is 5.73 Å². The molecule has 0 aliphatic carbocycles. The first-order chi connectivity index (χ1) is 4.86. The van der Waals surface area contributed by atoms with Gasteiger partial charge in [0.05, 0.1) is 11.9 Å². The summed E-state index contributed by atoms with van der Waals surface area (Å²) in [6, 6.07) is 0. The third-order valence-corrected chi connectivity index (χ3v) is 1.95. The average molecular weight is 151 g/mol. The molecule has 0 saturated carbocycles. The second-order valence-corrected chi connectivity index (χ2v) is 2.82. The quantitative estimate of drug-likeness (QED) is 0.616. The van der Waals surface area contributed by atoms with Gasteiger partial charge in [-0.2, -0.15) is 0 Å². The Labute approximate surface area is 61.9 Å². The summed E-state index contributed by atoms with van der Waals surface area (Å²) < 4.78 is 0. The van der Waals surface area contributed by atoms with Gasteiger partial charge in [0.15, 0.2) is 5.13 Å². The summed E-state index contributed by atoms with van der Waals surface area (Å²) in [5, 5.41) is 2.53. The number of hydrogen-bond acceptors (Lipinski definition) is 4. The number of aromatic nitrogens is 2. The van der Waals surface area contributed by atoms with Crippen molar-refractivity contribution in [1.29, 1.82) is 0 Å². The lowest BCUT2D eigenvalue weighted by Gasteiger charge is -1.94. The van der Waals surface area contributed by atoms with E-state index in [4.69, 9.17) is 5.73 Å². The smallest absolute Gasteiger partial charge is 0.180 e. The van der Waals surface area contributed by atoms with E-state index in [1.807, 2.05) is 5.38 Å². The summed E-state index contributed by atoms with van der Waals surface area (Å²) in [7, 11) is 0. The van der Waals surface area contributed by atoms with Crippen LogP contribution in [0.25, 0.3) is 11.3 Å². The second kappa shape index (κ2) is 1.91. The highest BCUT2D eigenvalue weighted by Crippen LogP contribution is 2.22. The molecule has 4 heteroatoms. The molecule has 0 fully saturated rings. The maximum atomic E-state index is 5.46. The summed E-state index contributed by atoms with van der Waals surface area (Å²) in [6.07, 6.45) is 3.48. The van der Waals surface area contributed by atoms with E-state index in [0.29, 0.717) is 5.13 Å². The zero-order chi connectivity index (χ0) is 6.97. The molecule has 0 aromatic heterocycles. The molecular formula is C6H5N3S. The van der Waals surface area contributed by atoms with Crippen LogP contribution in [0.5, 0.6) is 0 Å². The van der Waals surface area contributed by atoms with Gasteiger partial charge >= 0.3 is 0 Å². The van der Waals surface area contributed by atoms with Crippen LogP contribution in [0.3, 0.4) is 0 Å². The molecule has 10 heavy (non-hydrogen) atoms. The molecule has 0 saturated heterocycles. The van der Waals surface area contributed by atoms with Crippen LogP contribution >= 0.6 is 11.3 Å². The van der Waals surface area contributed by atoms with E-state index in [9.17, 15) is 0 Å². The number of nitrogen functional groups attached to an aromatic ring is 1. The Hall–Kier alpha value is -1.16. The summed E-state index contributed by atoms with van der Waals surface area (Å²) in [5.41, 5.74) is 7.39. The molecule has 0 amide bonds. The molecule has 50 valence electrons. The van der Waals surface area contributed by atoms with E-state index in [1.54, 1.807) is 12.4 Å². The van der Waals surface area contributed by atoms with Gasteiger partial charge in [-0.05, 0) is 0 Å². The van der Waals surface area contributed by atoms with Gasteiger partial charge in [0.25, 0.3) is 0 Å². The van der Waals surface area contributed by atoms with Crippen LogP contribution in [0.2, 0.25) is 0 Å². The number of anilines is 1. The predicted octanol–water partition coefficient (Wildman–Crippen LogP) is 1.23. The molecular weight excluding hydrogens is 146 g/mol. The van der Waals surface area contributed by atoms with Crippen LogP contribution in [0.15, 0.2) is 17.8 Å². The maximum Gasteiger partial charge on any atom is 0.180 e. The topological polar surface area (TPSA) is 51.8 Å². The minimum absolute atomic E-state index is 0.584. The normalized spacial score (nSPS) is 10.4. The molecule has 0 radical (unpaired) electrons. The summed E-state index contributed by atoms with van der Waals surface area (Å²) in [6.45, 7) is 0. The van der Waals surface area contributed by atoms with E-state index >= 15 is 0 Å². The van der Waals surface area contributed by atoms with E-state index in [2.05, 4.69) is 9.97 Å². The van der Waals surface area contributed by atoms with Crippen molar-refractivity contribution in [3.05, 3.63) is 17.8 Å². The highest BCUT2D eigenvalue weighted by Gasteiger charge is 2.03. The number of nitrogens with zero attached hydrogens (tertiary/aromatic N) is 2. The Balaban J connectivity index is 2.75. The van der Waals surface area contributed by atoms with Gasteiger partial charge in [-0.3, -0.25) is 4.98 Å². The van der Waals surface area contributed by atoms with Crippen molar-refractivity contribution in [1.82, 2.24) is 9.97 Å². The molecule has 0 aromatic carbocycles. The number of nitrogens with two attached hydrogens (primary N) is 1. The Morgan fingerprint density at radius 2 is 2.30 bits per heavy atom. The zero-order valence-corrected chi connectivity index (χ0v) is 5.93. The maximum absolute atomic E-state index is 5.46. The van der Waals surface area contributed by atoms with E-state index in [0.717, 1.165) is 11.3 Å². The van der Waals surface area contributed by atoms with Crippen molar-refractivity contribution in [2.24, 2.45) is 0 Å². The largest absolute Gasteiger partial charge is 0.375 e. The molecule has 2 aliphatic rings. The molecule has 2 aliphatic heterocycles. The van der Waals surface area contributed by atoms with Gasteiger partial charge in [0.1, 0.15) is 0 Å². The van der Waals surface area contributed by atoms with Crippen molar-refractivity contribution >= 4 is 16.5 Å². The van der Waals surface area contributed by atoms with Crippen molar-refractivity contribution in [3.8, 4) is 11.3 Å². The Bertz CT molecular complexity index is 317. The molecule has 0 unspecified atom stereocenters. The fourth-order valence-corrected chi connectivity index (χ4v) is 1.36.